The lowest BCUT2D eigenvalue weighted by atomic mass is 9.66. The zero-order valence-corrected chi connectivity index (χ0v) is 42.9. The summed E-state index contributed by atoms with van der Waals surface area (Å²) in [5, 5.41) is 7.46. The minimum absolute atomic E-state index is 0.449. The Balaban J connectivity index is 0.862. The van der Waals surface area contributed by atoms with Crippen LogP contribution in [0.1, 0.15) is 22.3 Å². The predicted molar refractivity (Wildman–Crippen MR) is 327 cm³/mol. The smallest absolute Gasteiger partial charge is 0.0541 e. The van der Waals surface area contributed by atoms with E-state index in [9.17, 15) is 0 Å². The van der Waals surface area contributed by atoms with Gasteiger partial charge in [-0.15, -0.1) is 0 Å². The summed E-state index contributed by atoms with van der Waals surface area (Å²) in [7, 11) is 0. The highest BCUT2D eigenvalue weighted by Gasteiger charge is 2.37. The topological polar surface area (TPSA) is 18.0 Å². The number of rotatable bonds is 11. The molecule has 3 heterocycles. The van der Waals surface area contributed by atoms with E-state index >= 15 is 0 Å². The summed E-state index contributed by atoms with van der Waals surface area (Å²) in [6.07, 6.45) is 0.815. The van der Waals surface area contributed by atoms with E-state index < -0.39 is 5.41 Å². The molecule has 4 heteroatoms. The normalized spacial score (nSPS) is 11.9. The lowest BCUT2D eigenvalue weighted by Gasteiger charge is -2.36. The Labute approximate surface area is 453 Å². The second-order valence-electron chi connectivity index (χ2n) is 20.5. The average Bonchev–Trinajstić information content (AvgIpc) is 4.32. The molecule has 0 radical (unpaired) electrons. The molecule has 15 rings (SSSR count). The van der Waals surface area contributed by atoms with Crippen molar-refractivity contribution < 1.29 is 0 Å². The Morgan fingerprint density at radius 3 is 0.897 bits per heavy atom. The van der Waals surface area contributed by atoms with Crippen molar-refractivity contribution in [3.8, 4) is 17.1 Å². The largest absolute Gasteiger partial charge is 0.310 e. The van der Waals surface area contributed by atoms with Gasteiger partial charge in [-0.25, -0.2) is 0 Å². The molecule has 0 aliphatic heterocycles. The van der Waals surface area contributed by atoms with Crippen molar-refractivity contribution in [2.24, 2.45) is 0 Å². The van der Waals surface area contributed by atoms with Crippen LogP contribution in [0.15, 0.2) is 303 Å². The lowest BCUT2D eigenvalue weighted by Crippen LogP contribution is -2.32. The number of hydrogen-bond donors (Lipinski definition) is 0. The van der Waals surface area contributed by atoms with Crippen LogP contribution in [-0.2, 0) is 11.8 Å². The molecular weight excluding hydrogens is 945 g/mol. The van der Waals surface area contributed by atoms with Crippen LogP contribution in [0.2, 0.25) is 0 Å². The first kappa shape index (κ1) is 45.3. The summed E-state index contributed by atoms with van der Waals surface area (Å²) in [6.45, 7) is 0. The molecule has 0 aliphatic carbocycles. The van der Waals surface area contributed by atoms with Crippen LogP contribution >= 0.6 is 0 Å². The molecule has 368 valence electrons. The standard InChI is InChI=1S/C74H52N4/c1-4-20-52(21-5-1)51-74(53-22-6-2-7-23-53,54-24-8-3-9-25-54)55-36-49-73-67(50-55)66-30-14-19-35-72(66)78(73)61-47-41-58(42-48-61)75(56-37-43-59(44-38-56)76-68-31-15-10-26-62(68)63-27-11-16-32-69(63)76)57-39-45-60(46-40-57)77-70-33-17-12-28-64(70)65-29-13-18-34-71(65)77/h1-50H,51H2. The number of nitrogens with zero attached hydrogens (tertiary/aromatic N) is 4. The molecule has 4 nitrogen and oxygen atoms in total. The van der Waals surface area contributed by atoms with Gasteiger partial charge in [0, 0.05) is 71.9 Å². The summed E-state index contributed by atoms with van der Waals surface area (Å²) in [6, 6.07) is 111. The summed E-state index contributed by atoms with van der Waals surface area (Å²) < 4.78 is 7.21. The highest BCUT2D eigenvalue weighted by atomic mass is 15.1. The molecule has 0 amide bonds. The molecule has 0 saturated carbocycles. The fourth-order valence-electron chi connectivity index (χ4n) is 12.8. The van der Waals surface area contributed by atoms with Crippen molar-refractivity contribution >= 4 is 82.5 Å². The molecular formula is C74H52N4. The van der Waals surface area contributed by atoms with Crippen molar-refractivity contribution in [1.82, 2.24) is 13.7 Å². The third kappa shape index (κ3) is 7.29. The summed E-state index contributed by atoms with van der Waals surface area (Å²) in [4.78, 5) is 2.38. The fraction of sp³-hybridized carbons (Fsp3) is 0.0270. The van der Waals surface area contributed by atoms with Gasteiger partial charge in [0.15, 0.2) is 0 Å². The van der Waals surface area contributed by atoms with Crippen LogP contribution in [0.25, 0.3) is 82.5 Å². The van der Waals surface area contributed by atoms with Gasteiger partial charge in [0.25, 0.3) is 0 Å². The number of aromatic nitrogens is 3. The van der Waals surface area contributed by atoms with Crippen LogP contribution in [0.3, 0.4) is 0 Å². The third-order valence-corrected chi connectivity index (χ3v) is 16.3. The SMILES string of the molecule is c1ccc(CC(c2ccccc2)(c2ccccc2)c2ccc3c(c2)c2ccccc2n3-c2ccc(N(c3ccc(-n4c5ccccc5c5ccccc54)cc3)c3ccc(-n4c5ccccc5c5ccccc54)cc3)cc2)cc1. The van der Waals surface area contributed by atoms with Crippen LogP contribution in [0, 0.1) is 0 Å². The first-order valence-corrected chi connectivity index (χ1v) is 27.0. The molecule has 0 N–H and O–H groups in total. The summed E-state index contributed by atoms with van der Waals surface area (Å²) >= 11 is 0. The summed E-state index contributed by atoms with van der Waals surface area (Å²) in [5.74, 6) is 0. The second-order valence-corrected chi connectivity index (χ2v) is 20.5. The van der Waals surface area contributed by atoms with E-state index in [1.54, 1.807) is 0 Å². The zero-order chi connectivity index (χ0) is 51.6. The summed E-state index contributed by atoms with van der Waals surface area (Å²) in [5.41, 5.74) is 18.3. The van der Waals surface area contributed by atoms with Gasteiger partial charge in [-0.1, -0.05) is 188 Å². The van der Waals surface area contributed by atoms with Gasteiger partial charge in [-0.05, 0) is 144 Å². The molecule has 78 heavy (non-hydrogen) atoms. The minimum atomic E-state index is -0.449. The lowest BCUT2D eigenvalue weighted by molar-refractivity contribution is 0.614. The van der Waals surface area contributed by atoms with Gasteiger partial charge in [-0.2, -0.15) is 0 Å². The number of benzene rings is 12. The monoisotopic (exact) mass is 996 g/mol. The average molecular weight is 997 g/mol. The van der Waals surface area contributed by atoms with Gasteiger partial charge >= 0.3 is 0 Å². The van der Waals surface area contributed by atoms with Gasteiger partial charge in [-0.3, -0.25) is 0 Å². The van der Waals surface area contributed by atoms with Gasteiger partial charge in [0.1, 0.15) is 0 Å². The third-order valence-electron chi connectivity index (χ3n) is 16.3. The number of hydrogen-bond acceptors (Lipinski definition) is 1. The maximum atomic E-state index is 2.47. The van der Waals surface area contributed by atoms with Crippen molar-refractivity contribution in [1.29, 1.82) is 0 Å². The maximum absolute atomic E-state index is 2.47. The molecule has 0 spiro atoms. The zero-order valence-electron chi connectivity index (χ0n) is 42.9. The highest BCUT2D eigenvalue weighted by molar-refractivity contribution is 6.11. The van der Waals surface area contributed by atoms with Gasteiger partial charge in [0.05, 0.1) is 33.1 Å². The van der Waals surface area contributed by atoms with E-state index in [0.717, 1.165) is 40.5 Å². The van der Waals surface area contributed by atoms with Crippen molar-refractivity contribution in [3.63, 3.8) is 0 Å². The Kier molecular flexibility index (Phi) is 10.8. The van der Waals surface area contributed by atoms with Crippen LogP contribution < -0.4 is 4.90 Å². The molecule has 15 aromatic rings. The number of para-hydroxylation sites is 5. The number of anilines is 3. The van der Waals surface area contributed by atoms with E-state index in [0.29, 0.717) is 0 Å². The van der Waals surface area contributed by atoms with E-state index in [1.165, 1.54) is 87.7 Å². The molecule has 0 bridgehead atoms. The molecule has 3 aromatic heterocycles. The van der Waals surface area contributed by atoms with Crippen molar-refractivity contribution in [2.75, 3.05) is 4.90 Å². The molecule has 0 saturated heterocycles. The first-order chi connectivity index (χ1) is 38.7. The minimum Gasteiger partial charge on any atom is -0.310 e. The Morgan fingerprint density at radius 2 is 0.538 bits per heavy atom. The van der Waals surface area contributed by atoms with Gasteiger partial charge in [0.2, 0.25) is 0 Å². The Bertz CT molecular complexity index is 4360. The molecule has 0 fully saturated rings. The number of fused-ring (bicyclic) bond motifs is 9. The van der Waals surface area contributed by atoms with E-state index in [1.807, 2.05) is 0 Å². The first-order valence-electron chi connectivity index (χ1n) is 27.0. The second kappa shape index (κ2) is 18.6. The van der Waals surface area contributed by atoms with Gasteiger partial charge < -0.3 is 18.6 Å². The van der Waals surface area contributed by atoms with Crippen LogP contribution in [0.5, 0.6) is 0 Å². The van der Waals surface area contributed by atoms with E-state index in [-0.39, 0.29) is 0 Å². The molecule has 0 aliphatic rings. The highest BCUT2D eigenvalue weighted by Crippen LogP contribution is 2.46. The molecule has 0 unspecified atom stereocenters. The predicted octanol–water partition coefficient (Wildman–Crippen LogP) is 19.0. The quantitative estimate of drug-likeness (QED) is 0.118. The maximum Gasteiger partial charge on any atom is 0.0541 e. The Hall–Kier alpha value is -10.2. The van der Waals surface area contributed by atoms with Crippen LogP contribution in [-0.4, -0.2) is 13.7 Å². The van der Waals surface area contributed by atoms with Crippen molar-refractivity contribution in [2.45, 2.75) is 11.8 Å². The Morgan fingerprint density at radius 1 is 0.244 bits per heavy atom. The van der Waals surface area contributed by atoms with Crippen LogP contribution in [0.4, 0.5) is 17.1 Å². The van der Waals surface area contributed by atoms with E-state index in [2.05, 4.69) is 322 Å². The van der Waals surface area contributed by atoms with E-state index in [4.69, 9.17) is 0 Å². The van der Waals surface area contributed by atoms with Crippen molar-refractivity contribution in [3.05, 3.63) is 326 Å². The fourth-order valence-corrected chi connectivity index (χ4v) is 12.8. The molecule has 12 aromatic carbocycles. The molecule has 0 atom stereocenters.